The van der Waals surface area contributed by atoms with Crippen LogP contribution in [-0.2, 0) is 20.3 Å². The first-order chi connectivity index (χ1) is 9.04. The summed E-state index contributed by atoms with van der Waals surface area (Å²) in [6.45, 7) is 2.30. The lowest BCUT2D eigenvalue weighted by molar-refractivity contribution is -0.384. The number of hydrogen-bond donors (Lipinski definition) is 0. The van der Waals surface area contributed by atoms with Gasteiger partial charge in [0.05, 0.1) is 22.3 Å². The standard InChI is InChI=1S/C12H15NO5S/c1-2-3-8-18-12(14)9-19(17)11-6-4-10(5-7-11)13(15)16/h4-7H,2-3,8-9H2,1H3. The summed E-state index contributed by atoms with van der Waals surface area (Å²) in [5.74, 6) is -0.758. The van der Waals surface area contributed by atoms with E-state index < -0.39 is 21.7 Å². The third-order valence-corrected chi connectivity index (χ3v) is 3.62. The number of ether oxygens (including phenoxy) is 1. The Bertz CT molecular complexity index is 472. The van der Waals surface area contributed by atoms with Crippen molar-refractivity contribution in [3.8, 4) is 0 Å². The number of unbranched alkanes of at least 4 members (excludes halogenated alkanes) is 1. The van der Waals surface area contributed by atoms with Crippen molar-refractivity contribution < 1.29 is 18.7 Å². The summed E-state index contributed by atoms with van der Waals surface area (Å²) >= 11 is 0. The molecule has 0 aliphatic carbocycles. The van der Waals surface area contributed by atoms with Gasteiger partial charge in [0.25, 0.3) is 5.69 Å². The minimum absolute atomic E-state index is 0.0775. The Kier molecular flexibility index (Phi) is 6.14. The Morgan fingerprint density at radius 3 is 2.53 bits per heavy atom. The number of nitro groups is 1. The van der Waals surface area contributed by atoms with E-state index in [0.717, 1.165) is 12.8 Å². The molecule has 7 heteroatoms. The molecule has 104 valence electrons. The first-order valence-corrected chi connectivity index (χ1v) is 7.15. The molecule has 19 heavy (non-hydrogen) atoms. The van der Waals surface area contributed by atoms with Crippen LogP contribution in [0.2, 0.25) is 0 Å². The summed E-state index contributed by atoms with van der Waals surface area (Å²) in [5, 5.41) is 10.5. The van der Waals surface area contributed by atoms with Crippen molar-refractivity contribution in [2.24, 2.45) is 0 Å². The molecule has 0 aromatic heterocycles. The molecule has 0 saturated heterocycles. The van der Waals surface area contributed by atoms with Crippen LogP contribution in [0.1, 0.15) is 19.8 Å². The van der Waals surface area contributed by atoms with Gasteiger partial charge >= 0.3 is 5.97 Å². The topological polar surface area (TPSA) is 86.5 Å². The lowest BCUT2D eigenvalue weighted by Gasteiger charge is -2.04. The molecule has 0 aliphatic rings. The van der Waals surface area contributed by atoms with E-state index in [1.54, 1.807) is 0 Å². The highest BCUT2D eigenvalue weighted by atomic mass is 32.2. The first kappa shape index (κ1) is 15.3. The fourth-order valence-corrected chi connectivity index (χ4v) is 2.19. The molecule has 0 radical (unpaired) electrons. The van der Waals surface area contributed by atoms with E-state index in [1.807, 2.05) is 6.92 Å². The largest absolute Gasteiger partial charge is 0.465 e. The summed E-state index contributed by atoms with van der Waals surface area (Å²) in [6, 6.07) is 5.28. The van der Waals surface area contributed by atoms with Crippen molar-refractivity contribution in [3.05, 3.63) is 34.4 Å². The minimum Gasteiger partial charge on any atom is -0.465 e. The van der Waals surface area contributed by atoms with E-state index in [1.165, 1.54) is 24.3 Å². The number of nitro benzene ring substituents is 1. The number of carbonyl (C=O) groups is 1. The maximum atomic E-state index is 11.8. The van der Waals surface area contributed by atoms with Crippen LogP contribution < -0.4 is 0 Å². The SMILES string of the molecule is CCCCOC(=O)CS(=O)c1ccc([N+](=O)[O-])cc1. The van der Waals surface area contributed by atoms with E-state index in [2.05, 4.69) is 0 Å². The summed E-state index contributed by atoms with van der Waals surface area (Å²) < 4.78 is 16.7. The Morgan fingerprint density at radius 1 is 1.37 bits per heavy atom. The van der Waals surface area contributed by atoms with Gasteiger partial charge in [-0.3, -0.25) is 19.1 Å². The van der Waals surface area contributed by atoms with Gasteiger partial charge in [-0.15, -0.1) is 0 Å². The third-order valence-electron chi connectivity index (χ3n) is 2.32. The zero-order valence-electron chi connectivity index (χ0n) is 10.5. The highest BCUT2D eigenvalue weighted by molar-refractivity contribution is 7.85. The number of nitrogens with zero attached hydrogens (tertiary/aromatic N) is 1. The lowest BCUT2D eigenvalue weighted by atomic mass is 10.3. The maximum Gasteiger partial charge on any atom is 0.318 e. The highest BCUT2D eigenvalue weighted by Gasteiger charge is 2.13. The number of benzene rings is 1. The van der Waals surface area contributed by atoms with Gasteiger partial charge in [0.1, 0.15) is 5.75 Å². The van der Waals surface area contributed by atoms with Crippen LogP contribution in [0.25, 0.3) is 0 Å². The number of non-ortho nitro benzene ring substituents is 1. The highest BCUT2D eigenvalue weighted by Crippen LogP contribution is 2.14. The Balaban J connectivity index is 2.53. The van der Waals surface area contributed by atoms with Crippen molar-refractivity contribution in [1.82, 2.24) is 0 Å². The molecule has 6 nitrogen and oxygen atoms in total. The fourth-order valence-electron chi connectivity index (χ4n) is 1.28. The van der Waals surface area contributed by atoms with Gasteiger partial charge in [-0.2, -0.15) is 0 Å². The van der Waals surface area contributed by atoms with E-state index in [0.29, 0.717) is 11.5 Å². The average Bonchev–Trinajstić information content (AvgIpc) is 2.39. The fraction of sp³-hybridized carbons (Fsp3) is 0.417. The molecule has 1 atom stereocenters. The number of esters is 1. The zero-order chi connectivity index (χ0) is 14.3. The number of hydrogen-bond acceptors (Lipinski definition) is 5. The van der Waals surface area contributed by atoms with Crippen molar-refractivity contribution >= 4 is 22.5 Å². The Morgan fingerprint density at radius 2 is 2.00 bits per heavy atom. The molecule has 0 spiro atoms. The van der Waals surface area contributed by atoms with Gasteiger partial charge in [-0.25, -0.2) is 0 Å². The van der Waals surface area contributed by atoms with Crippen molar-refractivity contribution in [2.45, 2.75) is 24.7 Å². The van der Waals surface area contributed by atoms with Crippen LogP contribution in [0.5, 0.6) is 0 Å². The van der Waals surface area contributed by atoms with Crippen LogP contribution in [0.4, 0.5) is 5.69 Å². The van der Waals surface area contributed by atoms with Crippen molar-refractivity contribution in [2.75, 3.05) is 12.4 Å². The summed E-state index contributed by atoms with van der Waals surface area (Å²) in [7, 11) is -1.54. The van der Waals surface area contributed by atoms with Crippen LogP contribution in [0, 0.1) is 10.1 Å². The second-order valence-electron chi connectivity index (χ2n) is 3.81. The molecular formula is C12H15NO5S. The number of carbonyl (C=O) groups excluding carboxylic acids is 1. The van der Waals surface area contributed by atoms with E-state index >= 15 is 0 Å². The smallest absolute Gasteiger partial charge is 0.318 e. The maximum absolute atomic E-state index is 11.8. The van der Waals surface area contributed by atoms with Crippen LogP contribution >= 0.6 is 0 Å². The number of rotatable bonds is 7. The van der Waals surface area contributed by atoms with Crippen molar-refractivity contribution in [3.63, 3.8) is 0 Å². The zero-order valence-corrected chi connectivity index (χ0v) is 11.4. The van der Waals surface area contributed by atoms with Crippen molar-refractivity contribution in [1.29, 1.82) is 0 Å². The molecular weight excluding hydrogens is 270 g/mol. The van der Waals surface area contributed by atoms with E-state index in [-0.39, 0.29) is 11.4 Å². The molecule has 0 N–H and O–H groups in total. The van der Waals surface area contributed by atoms with Gasteiger partial charge in [0.2, 0.25) is 0 Å². The quantitative estimate of drug-likeness (QED) is 0.331. The summed E-state index contributed by atoms with van der Waals surface area (Å²) in [6.07, 6.45) is 1.69. The summed E-state index contributed by atoms with van der Waals surface area (Å²) in [5.41, 5.74) is -0.0775. The second-order valence-corrected chi connectivity index (χ2v) is 5.27. The minimum atomic E-state index is -1.54. The Labute approximate surface area is 113 Å². The lowest BCUT2D eigenvalue weighted by Crippen LogP contribution is -2.14. The van der Waals surface area contributed by atoms with E-state index in [4.69, 9.17) is 4.74 Å². The first-order valence-electron chi connectivity index (χ1n) is 5.83. The van der Waals surface area contributed by atoms with Gasteiger partial charge < -0.3 is 4.74 Å². The van der Waals surface area contributed by atoms with E-state index in [9.17, 15) is 19.1 Å². The molecule has 0 bridgehead atoms. The monoisotopic (exact) mass is 285 g/mol. The predicted octanol–water partition coefficient (Wildman–Crippen LogP) is 2.05. The Hall–Kier alpha value is -1.76. The molecule has 0 fully saturated rings. The molecule has 0 amide bonds. The van der Waals surface area contributed by atoms with Gasteiger partial charge in [-0.05, 0) is 18.6 Å². The van der Waals surface area contributed by atoms with Gasteiger partial charge in [0, 0.05) is 17.0 Å². The molecule has 0 saturated carbocycles. The van der Waals surface area contributed by atoms with Crippen LogP contribution in [0.15, 0.2) is 29.2 Å². The molecule has 1 rings (SSSR count). The molecule has 0 heterocycles. The summed E-state index contributed by atoms with van der Waals surface area (Å²) in [4.78, 5) is 21.7. The molecule has 1 aromatic carbocycles. The van der Waals surface area contributed by atoms with Gasteiger partial charge in [-0.1, -0.05) is 13.3 Å². The van der Waals surface area contributed by atoms with Crippen LogP contribution in [0.3, 0.4) is 0 Å². The molecule has 1 unspecified atom stereocenters. The normalized spacial score (nSPS) is 11.8. The third kappa shape index (κ3) is 5.17. The molecule has 1 aromatic rings. The molecule has 0 aliphatic heterocycles. The van der Waals surface area contributed by atoms with Crippen LogP contribution in [-0.4, -0.2) is 27.5 Å². The average molecular weight is 285 g/mol. The van der Waals surface area contributed by atoms with Gasteiger partial charge in [0.15, 0.2) is 0 Å². The predicted molar refractivity (Wildman–Crippen MR) is 70.2 cm³/mol. The second kappa shape index (κ2) is 7.63.